The minimum atomic E-state index is -0.698. The number of aromatic amines is 1. The molecule has 0 aliphatic carbocycles. The summed E-state index contributed by atoms with van der Waals surface area (Å²) >= 11 is 0. The number of piperidine rings is 1. The average Bonchev–Trinajstić information content (AvgIpc) is 3.45. The Hall–Kier alpha value is -4.61. The van der Waals surface area contributed by atoms with Gasteiger partial charge in [-0.3, -0.25) is 29.3 Å². The Morgan fingerprint density at radius 1 is 1.20 bits per heavy atom. The first-order chi connectivity index (χ1) is 16.8. The Balaban J connectivity index is 1.32. The molecule has 4 amide bonds. The summed E-state index contributed by atoms with van der Waals surface area (Å²) in [4.78, 5) is 65.6. The van der Waals surface area contributed by atoms with Crippen LogP contribution in [-0.4, -0.2) is 54.5 Å². The van der Waals surface area contributed by atoms with Crippen molar-refractivity contribution in [1.29, 1.82) is 0 Å². The van der Waals surface area contributed by atoms with Crippen LogP contribution in [0.15, 0.2) is 47.7 Å². The minimum Gasteiger partial charge on any atom is -0.367 e. The van der Waals surface area contributed by atoms with Crippen LogP contribution in [0.25, 0.3) is 5.69 Å². The van der Waals surface area contributed by atoms with E-state index in [1.165, 1.54) is 34.2 Å². The zero-order valence-electron chi connectivity index (χ0n) is 18.6. The molecule has 1 fully saturated rings. The molecule has 4 heterocycles. The summed E-state index contributed by atoms with van der Waals surface area (Å²) in [5.41, 5.74) is 1.94. The van der Waals surface area contributed by atoms with Crippen molar-refractivity contribution < 1.29 is 19.2 Å². The molecule has 3 aromatic rings. The normalized spacial score (nSPS) is 18.3. The van der Waals surface area contributed by atoms with Crippen LogP contribution in [0.2, 0.25) is 0 Å². The highest BCUT2D eigenvalue weighted by Crippen LogP contribution is 2.29. The predicted molar refractivity (Wildman–Crippen MR) is 120 cm³/mol. The molecule has 5 rings (SSSR count). The number of fused-ring (bicyclic) bond motifs is 1. The predicted octanol–water partition coefficient (Wildman–Crippen LogP) is 0.208. The molecule has 2 aliphatic heterocycles. The van der Waals surface area contributed by atoms with Crippen LogP contribution >= 0.6 is 0 Å². The summed E-state index contributed by atoms with van der Waals surface area (Å²) < 4.78 is 1.37. The fourth-order valence-electron chi connectivity index (χ4n) is 4.29. The van der Waals surface area contributed by atoms with Crippen LogP contribution in [0.3, 0.4) is 0 Å². The largest absolute Gasteiger partial charge is 0.367 e. The van der Waals surface area contributed by atoms with Gasteiger partial charge >= 0.3 is 0 Å². The van der Waals surface area contributed by atoms with Gasteiger partial charge in [-0.1, -0.05) is 11.3 Å². The molecular formula is C23H21N7O5. The van der Waals surface area contributed by atoms with Gasteiger partial charge in [0.1, 0.15) is 6.04 Å². The molecule has 0 spiro atoms. The minimum absolute atomic E-state index is 0.0428. The molecule has 35 heavy (non-hydrogen) atoms. The van der Waals surface area contributed by atoms with Crippen molar-refractivity contribution in [3.8, 4) is 5.69 Å². The summed E-state index contributed by atoms with van der Waals surface area (Å²) in [5.74, 6) is -1.63. The van der Waals surface area contributed by atoms with Crippen LogP contribution in [0.5, 0.6) is 0 Å². The number of carbonyl (C=O) groups excluding carboxylic acids is 4. The van der Waals surface area contributed by atoms with Gasteiger partial charge in [-0.15, -0.1) is 5.10 Å². The van der Waals surface area contributed by atoms with Gasteiger partial charge in [0.2, 0.25) is 11.8 Å². The zero-order chi connectivity index (χ0) is 24.7. The number of nitrogens with one attached hydrogen (secondary N) is 3. The lowest BCUT2D eigenvalue weighted by molar-refractivity contribution is -0.136. The van der Waals surface area contributed by atoms with Crippen molar-refractivity contribution in [1.82, 2.24) is 35.5 Å². The number of carbonyl (C=O) groups is 4. The maximum Gasteiger partial charge on any atom is 0.273 e. The van der Waals surface area contributed by atoms with Crippen LogP contribution in [-0.2, 0) is 16.1 Å². The van der Waals surface area contributed by atoms with E-state index in [4.69, 9.17) is 0 Å². The molecule has 12 nitrogen and oxygen atoms in total. The molecule has 3 N–H and O–H groups in total. The number of amides is 4. The van der Waals surface area contributed by atoms with Crippen molar-refractivity contribution in [2.75, 3.05) is 0 Å². The SMILES string of the molecule is CC(NC(=O)c1cn(-c2ccc3c(c2)C(=O)N(C2CCC(=O)NC2=O)C3)nn1)c1c[nH]ccc1=O. The summed E-state index contributed by atoms with van der Waals surface area (Å²) in [5, 5.41) is 12.9. The van der Waals surface area contributed by atoms with E-state index < -0.39 is 23.9 Å². The van der Waals surface area contributed by atoms with Crippen molar-refractivity contribution >= 4 is 23.6 Å². The van der Waals surface area contributed by atoms with Crippen LogP contribution in [0.4, 0.5) is 0 Å². The van der Waals surface area contributed by atoms with Gasteiger partial charge in [-0.2, -0.15) is 0 Å². The molecule has 2 atom stereocenters. The van der Waals surface area contributed by atoms with E-state index in [9.17, 15) is 24.0 Å². The first-order valence-electron chi connectivity index (χ1n) is 11.0. The molecule has 0 saturated carbocycles. The second-order valence-electron chi connectivity index (χ2n) is 8.45. The lowest BCUT2D eigenvalue weighted by Gasteiger charge is -2.29. The number of H-pyrrole nitrogens is 1. The second kappa shape index (κ2) is 8.63. The van der Waals surface area contributed by atoms with Crippen molar-refractivity contribution in [2.45, 2.75) is 38.4 Å². The summed E-state index contributed by atoms with van der Waals surface area (Å²) in [6.07, 6.45) is 4.94. The molecule has 1 saturated heterocycles. The molecular weight excluding hydrogens is 454 g/mol. The fourth-order valence-corrected chi connectivity index (χ4v) is 4.29. The Morgan fingerprint density at radius 2 is 2.03 bits per heavy atom. The Kier molecular flexibility index (Phi) is 5.47. The van der Waals surface area contributed by atoms with Crippen LogP contribution in [0.1, 0.15) is 57.8 Å². The van der Waals surface area contributed by atoms with Gasteiger partial charge in [-0.05, 0) is 31.0 Å². The van der Waals surface area contributed by atoms with E-state index >= 15 is 0 Å². The van der Waals surface area contributed by atoms with E-state index in [2.05, 4.69) is 25.9 Å². The van der Waals surface area contributed by atoms with Crippen molar-refractivity contribution in [3.05, 3.63) is 75.5 Å². The smallest absolute Gasteiger partial charge is 0.273 e. The lowest BCUT2D eigenvalue weighted by Crippen LogP contribution is -2.52. The Labute approximate surface area is 198 Å². The first-order valence-corrected chi connectivity index (χ1v) is 11.0. The van der Waals surface area contributed by atoms with E-state index in [0.29, 0.717) is 16.8 Å². The zero-order valence-corrected chi connectivity index (χ0v) is 18.6. The third kappa shape index (κ3) is 4.09. The Morgan fingerprint density at radius 3 is 2.80 bits per heavy atom. The molecule has 0 radical (unpaired) electrons. The molecule has 2 unspecified atom stereocenters. The van der Waals surface area contributed by atoms with E-state index in [-0.39, 0.29) is 42.3 Å². The van der Waals surface area contributed by atoms with Gasteiger partial charge in [0, 0.05) is 42.6 Å². The Bertz CT molecular complexity index is 1430. The van der Waals surface area contributed by atoms with Gasteiger partial charge in [-0.25, -0.2) is 4.68 Å². The highest BCUT2D eigenvalue weighted by molar-refractivity contribution is 6.05. The van der Waals surface area contributed by atoms with Gasteiger partial charge in [0.15, 0.2) is 11.1 Å². The number of aromatic nitrogens is 4. The highest BCUT2D eigenvalue weighted by atomic mass is 16.2. The molecule has 2 aliphatic rings. The van der Waals surface area contributed by atoms with Crippen molar-refractivity contribution in [3.63, 3.8) is 0 Å². The summed E-state index contributed by atoms with van der Waals surface area (Å²) in [6.45, 7) is 1.95. The highest BCUT2D eigenvalue weighted by Gasteiger charge is 2.39. The third-order valence-electron chi connectivity index (χ3n) is 6.17. The van der Waals surface area contributed by atoms with Crippen LogP contribution in [0, 0.1) is 0 Å². The maximum absolute atomic E-state index is 13.0. The quantitative estimate of drug-likeness (QED) is 0.445. The standard InChI is InChI=1S/C23H21N7O5/c1-12(16-9-24-7-6-19(16)31)25-21(33)17-11-30(28-27-17)14-3-2-13-10-29(23(35)15(13)8-14)18-4-5-20(32)26-22(18)34/h2-3,6-9,11-12,18H,4-5,10H2,1H3,(H,24,31)(H,25,33)(H,26,32,34). The number of pyridine rings is 1. The van der Waals surface area contributed by atoms with E-state index in [1.807, 2.05) is 0 Å². The van der Waals surface area contributed by atoms with E-state index in [1.54, 1.807) is 25.1 Å². The monoisotopic (exact) mass is 475 g/mol. The van der Waals surface area contributed by atoms with Gasteiger partial charge in [0.05, 0.1) is 17.9 Å². The molecule has 12 heteroatoms. The van der Waals surface area contributed by atoms with Gasteiger partial charge < -0.3 is 15.2 Å². The number of hydrogen-bond acceptors (Lipinski definition) is 7. The topological polar surface area (TPSA) is 159 Å². The molecule has 2 aromatic heterocycles. The fraction of sp³-hybridized carbons (Fsp3) is 0.261. The molecule has 0 bridgehead atoms. The number of rotatable bonds is 5. The van der Waals surface area contributed by atoms with E-state index in [0.717, 1.165) is 5.56 Å². The number of hydrogen-bond donors (Lipinski definition) is 3. The molecule has 1 aromatic carbocycles. The lowest BCUT2D eigenvalue weighted by atomic mass is 10.0. The summed E-state index contributed by atoms with van der Waals surface area (Å²) in [7, 11) is 0. The van der Waals surface area contributed by atoms with Gasteiger partial charge in [0.25, 0.3) is 11.8 Å². The number of imide groups is 1. The maximum atomic E-state index is 13.0. The summed E-state index contributed by atoms with van der Waals surface area (Å²) in [6, 6.07) is 5.27. The number of benzene rings is 1. The number of nitrogens with zero attached hydrogens (tertiary/aromatic N) is 4. The first kappa shape index (κ1) is 22.2. The average molecular weight is 475 g/mol. The van der Waals surface area contributed by atoms with Crippen molar-refractivity contribution in [2.24, 2.45) is 0 Å². The van der Waals surface area contributed by atoms with Crippen LogP contribution < -0.4 is 16.1 Å². The molecule has 178 valence electrons. The second-order valence-corrected chi connectivity index (χ2v) is 8.45. The third-order valence-corrected chi connectivity index (χ3v) is 6.17.